The van der Waals surface area contributed by atoms with Crippen LogP contribution in [0, 0.1) is 5.92 Å². The quantitative estimate of drug-likeness (QED) is 0.778. The molecular formula is C16H34N2. The summed E-state index contributed by atoms with van der Waals surface area (Å²) in [6, 6.07) is 2.13. The highest BCUT2D eigenvalue weighted by Crippen LogP contribution is 2.16. The van der Waals surface area contributed by atoms with Crippen LogP contribution in [0.4, 0.5) is 0 Å². The molecule has 1 fully saturated rings. The SMILES string of the molecule is CCC(C)CC(C)NC1CCCN(C(C)C)CC1. The van der Waals surface area contributed by atoms with Gasteiger partial charge in [-0.25, -0.2) is 0 Å². The maximum Gasteiger partial charge on any atom is 0.00821 e. The Hall–Kier alpha value is -0.0800. The number of likely N-dealkylation sites (tertiary alicyclic amines) is 1. The van der Waals surface area contributed by atoms with E-state index in [1.54, 1.807) is 0 Å². The average Bonchev–Trinajstić information content (AvgIpc) is 2.54. The molecule has 0 amide bonds. The highest BCUT2D eigenvalue weighted by molar-refractivity contribution is 4.79. The van der Waals surface area contributed by atoms with Crippen LogP contribution in [0.2, 0.25) is 0 Å². The summed E-state index contributed by atoms with van der Waals surface area (Å²) in [6.45, 7) is 14.2. The molecule has 0 aliphatic carbocycles. The van der Waals surface area contributed by atoms with Crippen LogP contribution in [0.25, 0.3) is 0 Å². The van der Waals surface area contributed by atoms with Crippen molar-refractivity contribution in [2.45, 2.75) is 84.8 Å². The Morgan fingerprint density at radius 3 is 2.44 bits per heavy atom. The topological polar surface area (TPSA) is 15.3 Å². The van der Waals surface area contributed by atoms with Crippen molar-refractivity contribution in [3.8, 4) is 0 Å². The number of nitrogens with zero attached hydrogens (tertiary/aromatic N) is 1. The molecule has 2 nitrogen and oxygen atoms in total. The molecule has 0 aromatic rings. The van der Waals surface area contributed by atoms with Crippen LogP contribution in [-0.4, -0.2) is 36.1 Å². The summed E-state index contributed by atoms with van der Waals surface area (Å²) in [4.78, 5) is 2.63. The first-order valence-electron chi connectivity index (χ1n) is 8.03. The van der Waals surface area contributed by atoms with Crippen LogP contribution in [0.3, 0.4) is 0 Å². The van der Waals surface area contributed by atoms with E-state index in [0.29, 0.717) is 12.1 Å². The minimum Gasteiger partial charge on any atom is -0.311 e. The first-order chi connectivity index (χ1) is 8.52. The molecule has 1 aliphatic heterocycles. The average molecular weight is 254 g/mol. The monoisotopic (exact) mass is 254 g/mol. The molecule has 0 aromatic carbocycles. The second-order valence-corrected chi connectivity index (χ2v) is 6.57. The van der Waals surface area contributed by atoms with E-state index >= 15 is 0 Å². The molecule has 1 rings (SSSR count). The van der Waals surface area contributed by atoms with E-state index in [1.165, 1.54) is 45.2 Å². The van der Waals surface area contributed by atoms with Crippen LogP contribution in [0.5, 0.6) is 0 Å². The summed E-state index contributed by atoms with van der Waals surface area (Å²) < 4.78 is 0. The van der Waals surface area contributed by atoms with Gasteiger partial charge in [0, 0.05) is 18.1 Å². The maximum atomic E-state index is 3.86. The molecule has 0 bridgehead atoms. The minimum atomic E-state index is 0.676. The standard InChI is InChI=1S/C16H34N2/c1-6-14(4)12-15(5)17-16-8-7-10-18(11-9-16)13(2)3/h13-17H,6-12H2,1-5H3. The smallest absolute Gasteiger partial charge is 0.00821 e. The summed E-state index contributed by atoms with van der Waals surface area (Å²) in [5.41, 5.74) is 0. The third-order valence-corrected chi connectivity index (χ3v) is 4.47. The van der Waals surface area contributed by atoms with Gasteiger partial charge in [0.1, 0.15) is 0 Å². The highest BCUT2D eigenvalue weighted by Gasteiger charge is 2.20. The van der Waals surface area contributed by atoms with Crippen LogP contribution < -0.4 is 5.32 Å². The number of hydrogen-bond acceptors (Lipinski definition) is 2. The van der Waals surface area contributed by atoms with Gasteiger partial charge in [0.2, 0.25) is 0 Å². The van der Waals surface area contributed by atoms with Gasteiger partial charge in [-0.3, -0.25) is 0 Å². The molecule has 3 atom stereocenters. The Bertz CT molecular complexity index is 215. The van der Waals surface area contributed by atoms with Gasteiger partial charge in [-0.15, -0.1) is 0 Å². The van der Waals surface area contributed by atoms with Crippen LogP contribution in [0.15, 0.2) is 0 Å². The van der Waals surface area contributed by atoms with Crippen molar-refractivity contribution in [3.05, 3.63) is 0 Å². The van der Waals surface area contributed by atoms with Crippen molar-refractivity contribution in [2.75, 3.05) is 13.1 Å². The second kappa shape index (κ2) is 8.16. The van der Waals surface area contributed by atoms with Crippen molar-refractivity contribution < 1.29 is 0 Å². The molecule has 0 saturated carbocycles. The largest absolute Gasteiger partial charge is 0.311 e. The van der Waals surface area contributed by atoms with Gasteiger partial charge in [-0.1, -0.05) is 20.3 Å². The third-order valence-electron chi connectivity index (χ3n) is 4.47. The number of rotatable bonds is 6. The Labute approximate surface area is 115 Å². The Balaban J connectivity index is 2.30. The van der Waals surface area contributed by atoms with Gasteiger partial charge in [0.15, 0.2) is 0 Å². The molecule has 18 heavy (non-hydrogen) atoms. The maximum absolute atomic E-state index is 3.86. The van der Waals surface area contributed by atoms with Gasteiger partial charge < -0.3 is 10.2 Å². The van der Waals surface area contributed by atoms with Gasteiger partial charge in [-0.05, 0) is 65.5 Å². The highest BCUT2D eigenvalue weighted by atomic mass is 15.1. The zero-order valence-corrected chi connectivity index (χ0v) is 13.2. The van der Waals surface area contributed by atoms with Gasteiger partial charge in [0.05, 0.1) is 0 Å². The molecule has 3 unspecified atom stereocenters. The summed E-state index contributed by atoms with van der Waals surface area (Å²) in [6.07, 6.45) is 6.65. The first kappa shape index (κ1) is 16.0. The first-order valence-corrected chi connectivity index (χ1v) is 8.03. The molecule has 1 heterocycles. The molecule has 1 N–H and O–H groups in total. The fourth-order valence-electron chi connectivity index (χ4n) is 3.04. The normalized spacial score (nSPS) is 26.0. The van der Waals surface area contributed by atoms with Crippen molar-refractivity contribution in [3.63, 3.8) is 0 Å². The van der Waals surface area contributed by atoms with E-state index < -0.39 is 0 Å². The number of hydrogen-bond donors (Lipinski definition) is 1. The van der Waals surface area contributed by atoms with E-state index in [-0.39, 0.29) is 0 Å². The molecular weight excluding hydrogens is 220 g/mol. The lowest BCUT2D eigenvalue weighted by atomic mass is 9.99. The molecule has 1 aliphatic rings. The third kappa shape index (κ3) is 5.71. The van der Waals surface area contributed by atoms with Crippen LogP contribution in [-0.2, 0) is 0 Å². The van der Waals surface area contributed by atoms with Crippen molar-refractivity contribution in [1.29, 1.82) is 0 Å². The molecule has 0 aromatic heterocycles. The zero-order chi connectivity index (χ0) is 13.5. The van der Waals surface area contributed by atoms with E-state index in [2.05, 4.69) is 44.8 Å². The lowest BCUT2D eigenvalue weighted by Gasteiger charge is -2.26. The van der Waals surface area contributed by atoms with E-state index in [0.717, 1.165) is 12.0 Å². The molecule has 0 radical (unpaired) electrons. The van der Waals surface area contributed by atoms with Crippen LogP contribution in [0.1, 0.15) is 66.7 Å². The summed E-state index contributed by atoms with van der Waals surface area (Å²) in [7, 11) is 0. The zero-order valence-electron chi connectivity index (χ0n) is 13.2. The Morgan fingerprint density at radius 1 is 1.11 bits per heavy atom. The van der Waals surface area contributed by atoms with Gasteiger partial charge in [0.25, 0.3) is 0 Å². The lowest BCUT2D eigenvalue weighted by Crippen LogP contribution is -2.38. The summed E-state index contributed by atoms with van der Waals surface area (Å²) in [5.74, 6) is 0.852. The van der Waals surface area contributed by atoms with E-state index in [9.17, 15) is 0 Å². The van der Waals surface area contributed by atoms with Crippen LogP contribution >= 0.6 is 0 Å². The molecule has 108 valence electrons. The van der Waals surface area contributed by atoms with E-state index in [1.807, 2.05) is 0 Å². The van der Waals surface area contributed by atoms with Crippen molar-refractivity contribution in [2.24, 2.45) is 5.92 Å². The second-order valence-electron chi connectivity index (χ2n) is 6.57. The number of nitrogens with one attached hydrogen (secondary N) is 1. The molecule has 1 saturated heterocycles. The fourth-order valence-corrected chi connectivity index (χ4v) is 3.04. The van der Waals surface area contributed by atoms with Crippen molar-refractivity contribution >= 4 is 0 Å². The van der Waals surface area contributed by atoms with Gasteiger partial charge >= 0.3 is 0 Å². The summed E-state index contributed by atoms with van der Waals surface area (Å²) in [5, 5.41) is 3.86. The fraction of sp³-hybridized carbons (Fsp3) is 1.00. The van der Waals surface area contributed by atoms with Gasteiger partial charge in [-0.2, -0.15) is 0 Å². The Kier molecular flexibility index (Phi) is 7.25. The predicted molar refractivity (Wildman–Crippen MR) is 81.0 cm³/mol. The molecule has 2 heteroatoms. The minimum absolute atomic E-state index is 0.676. The molecule has 0 spiro atoms. The summed E-state index contributed by atoms with van der Waals surface area (Å²) >= 11 is 0. The predicted octanol–water partition coefficient (Wildman–Crippen LogP) is 3.66. The van der Waals surface area contributed by atoms with Crippen molar-refractivity contribution in [1.82, 2.24) is 10.2 Å². The Morgan fingerprint density at radius 2 is 1.83 bits per heavy atom. The van der Waals surface area contributed by atoms with E-state index in [4.69, 9.17) is 0 Å². The lowest BCUT2D eigenvalue weighted by molar-refractivity contribution is 0.228.